The lowest BCUT2D eigenvalue weighted by molar-refractivity contribution is 0.0785. The molecule has 0 aliphatic heterocycles. The standard InChI is InChI=1S/C24H25FN2O5S/c1-4-32-20-10-12-21(13-11-20)33(29,30)26-19-8-6-18(7-9-19)24(28)27(2)16-17-5-14-23(31-3)22(25)15-17/h5-15,26H,4,16H2,1-3H3. The Labute approximate surface area is 192 Å². The first-order valence-corrected chi connectivity index (χ1v) is 11.7. The van der Waals surface area contributed by atoms with Crippen LogP contribution in [0.1, 0.15) is 22.8 Å². The molecule has 3 aromatic rings. The third-order valence-electron chi connectivity index (χ3n) is 4.81. The molecule has 0 saturated carbocycles. The fraction of sp³-hybridized carbons (Fsp3) is 0.208. The van der Waals surface area contributed by atoms with E-state index in [1.165, 1.54) is 60.5 Å². The number of benzene rings is 3. The first-order chi connectivity index (χ1) is 15.7. The summed E-state index contributed by atoms with van der Waals surface area (Å²) < 4.78 is 51.8. The van der Waals surface area contributed by atoms with Crippen molar-refractivity contribution in [2.24, 2.45) is 0 Å². The molecule has 0 radical (unpaired) electrons. The number of amides is 1. The van der Waals surface area contributed by atoms with Gasteiger partial charge in [0.1, 0.15) is 5.75 Å². The number of rotatable bonds is 9. The van der Waals surface area contributed by atoms with Gasteiger partial charge in [0.25, 0.3) is 15.9 Å². The fourth-order valence-electron chi connectivity index (χ4n) is 3.15. The van der Waals surface area contributed by atoms with Gasteiger partial charge in [-0.05, 0) is 73.2 Å². The Morgan fingerprint density at radius 3 is 2.27 bits per heavy atom. The quantitative estimate of drug-likeness (QED) is 0.502. The van der Waals surface area contributed by atoms with Gasteiger partial charge >= 0.3 is 0 Å². The fourth-order valence-corrected chi connectivity index (χ4v) is 4.21. The lowest BCUT2D eigenvalue weighted by Gasteiger charge is -2.18. The van der Waals surface area contributed by atoms with Crippen molar-refractivity contribution < 1.29 is 27.1 Å². The zero-order valence-electron chi connectivity index (χ0n) is 18.5. The van der Waals surface area contributed by atoms with Crippen molar-refractivity contribution in [3.8, 4) is 11.5 Å². The van der Waals surface area contributed by atoms with E-state index in [4.69, 9.17) is 9.47 Å². The highest BCUT2D eigenvalue weighted by atomic mass is 32.2. The number of carbonyl (C=O) groups excluding carboxylic acids is 1. The van der Waals surface area contributed by atoms with E-state index in [2.05, 4.69) is 4.72 Å². The molecule has 9 heteroatoms. The van der Waals surface area contributed by atoms with Crippen molar-refractivity contribution in [2.75, 3.05) is 25.5 Å². The van der Waals surface area contributed by atoms with Crippen molar-refractivity contribution in [1.82, 2.24) is 4.90 Å². The second-order valence-electron chi connectivity index (χ2n) is 7.22. The van der Waals surface area contributed by atoms with Gasteiger partial charge in [-0.2, -0.15) is 0 Å². The van der Waals surface area contributed by atoms with Crippen LogP contribution >= 0.6 is 0 Å². The van der Waals surface area contributed by atoms with Crippen molar-refractivity contribution in [2.45, 2.75) is 18.4 Å². The van der Waals surface area contributed by atoms with Gasteiger partial charge in [-0.1, -0.05) is 6.07 Å². The summed E-state index contributed by atoms with van der Waals surface area (Å²) in [5.74, 6) is -0.0658. The number of hydrogen-bond donors (Lipinski definition) is 1. The Kier molecular flexibility index (Phi) is 7.55. The van der Waals surface area contributed by atoms with Crippen LogP contribution in [0, 0.1) is 5.82 Å². The molecule has 174 valence electrons. The van der Waals surface area contributed by atoms with Gasteiger partial charge in [0.2, 0.25) is 0 Å². The smallest absolute Gasteiger partial charge is 0.261 e. The van der Waals surface area contributed by atoms with Gasteiger partial charge in [-0.15, -0.1) is 0 Å². The Hall–Kier alpha value is -3.59. The summed E-state index contributed by atoms with van der Waals surface area (Å²) >= 11 is 0. The van der Waals surface area contributed by atoms with Crippen LogP contribution < -0.4 is 14.2 Å². The molecular formula is C24H25FN2O5S. The molecule has 33 heavy (non-hydrogen) atoms. The molecule has 3 rings (SSSR count). The molecular weight excluding hydrogens is 447 g/mol. The molecule has 0 fully saturated rings. The van der Waals surface area contributed by atoms with Crippen molar-refractivity contribution in [1.29, 1.82) is 0 Å². The van der Waals surface area contributed by atoms with E-state index >= 15 is 0 Å². The number of sulfonamides is 1. The Bertz CT molecular complexity index is 1210. The molecule has 0 aliphatic carbocycles. The highest BCUT2D eigenvalue weighted by molar-refractivity contribution is 7.92. The topological polar surface area (TPSA) is 84.9 Å². The maximum Gasteiger partial charge on any atom is 0.261 e. The van der Waals surface area contributed by atoms with E-state index in [1.807, 2.05) is 6.92 Å². The number of carbonyl (C=O) groups is 1. The van der Waals surface area contributed by atoms with Crippen LogP contribution in [0.15, 0.2) is 71.6 Å². The van der Waals surface area contributed by atoms with Gasteiger partial charge in [0.05, 0.1) is 18.6 Å². The molecule has 0 atom stereocenters. The summed E-state index contributed by atoms with van der Waals surface area (Å²) in [5.41, 5.74) is 1.31. The minimum Gasteiger partial charge on any atom is -0.494 e. The first kappa shape index (κ1) is 24.1. The predicted molar refractivity (Wildman–Crippen MR) is 124 cm³/mol. The van der Waals surface area contributed by atoms with Gasteiger partial charge < -0.3 is 14.4 Å². The maximum absolute atomic E-state index is 13.9. The summed E-state index contributed by atoms with van der Waals surface area (Å²) in [7, 11) is -0.803. The molecule has 0 heterocycles. The first-order valence-electron chi connectivity index (χ1n) is 10.2. The van der Waals surface area contributed by atoms with E-state index in [-0.39, 0.29) is 23.1 Å². The van der Waals surface area contributed by atoms with Crippen molar-refractivity contribution in [3.63, 3.8) is 0 Å². The van der Waals surface area contributed by atoms with Crippen LogP contribution in [0.25, 0.3) is 0 Å². The van der Waals surface area contributed by atoms with Gasteiger partial charge in [0.15, 0.2) is 11.6 Å². The van der Waals surface area contributed by atoms with Crippen molar-refractivity contribution in [3.05, 3.63) is 83.7 Å². The van der Waals surface area contributed by atoms with E-state index in [9.17, 15) is 17.6 Å². The number of anilines is 1. The summed E-state index contributed by atoms with van der Waals surface area (Å²) in [4.78, 5) is 14.3. The molecule has 3 aromatic carbocycles. The summed E-state index contributed by atoms with van der Waals surface area (Å²) in [6.45, 7) is 2.53. The molecule has 0 aromatic heterocycles. The second-order valence-corrected chi connectivity index (χ2v) is 8.90. The van der Waals surface area contributed by atoms with Crippen LogP contribution in [0.3, 0.4) is 0 Å². The van der Waals surface area contributed by atoms with Gasteiger partial charge in [0, 0.05) is 24.8 Å². The van der Waals surface area contributed by atoms with Gasteiger partial charge in [-0.25, -0.2) is 12.8 Å². The van der Waals surface area contributed by atoms with Crippen LogP contribution in [0.5, 0.6) is 11.5 Å². The molecule has 0 aliphatic rings. The highest BCUT2D eigenvalue weighted by Gasteiger charge is 2.16. The minimum atomic E-state index is -3.79. The predicted octanol–water partition coefficient (Wildman–Crippen LogP) is 4.31. The molecule has 1 N–H and O–H groups in total. The number of methoxy groups -OCH3 is 1. The normalized spacial score (nSPS) is 11.0. The molecule has 0 bridgehead atoms. The summed E-state index contributed by atoms with van der Waals surface area (Å²) in [5, 5.41) is 0. The monoisotopic (exact) mass is 472 g/mol. The average Bonchev–Trinajstić information content (AvgIpc) is 2.79. The van der Waals surface area contributed by atoms with E-state index in [0.717, 1.165) is 0 Å². The largest absolute Gasteiger partial charge is 0.494 e. The SMILES string of the molecule is CCOc1ccc(S(=O)(=O)Nc2ccc(C(=O)N(C)Cc3ccc(OC)c(F)c3)cc2)cc1. The minimum absolute atomic E-state index is 0.0950. The number of hydrogen-bond acceptors (Lipinski definition) is 5. The lowest BCUT2D eigenvalue weighted by atomic mass is 10.1. The van der Waals surface area contributed by atoms with Crippen molar-refractivity contribution >= 4 is 21.6 Å². The molecule has 7 nitrogen and oxygen atoms in total. The zero-order chi connectivity index (χ0) is 24.0. The molecule has 0 unspecified atom stereocenters. The van der Waals surface area contributed by atoms with Gasteiger partial charge in [-0.3, -0.25) is 9.52 Å². The Morgan fingerprint density at radius 2 is 1.70 bits per heavy atom. The number of halogens is 1. The number of ether oxygens (including phenoxy) is 2. The van der Waals surface area contributed by atoms with Crippen LogP contribution in [-0.2, 0) is 16.6 Å². The van der Waals surface area contributed by atoms with E-state index in [0.29, 0.717) is 29.2 Å². The summed E-state index contributed by atoms with van der Waals surface area (Å²) in [6.07, 6.45) is 0. The maximum atomic E-state index is 13.9. The third kappa shape index (κ3) is 6.01. The second kappa shape index (κ2) is 10.4. The number of nitrogens with zero attached hydrogens (tertiary/aromatic N) is 1. The molecule has 0 saturated heterocycles. The van der Waals surface area contributed by atoms with E-state index in [1.54, 1.807) is 25.2 Å². The summed E-state index contributed by atoms with van der Waals surface area (Å²) in [6, 6.07) is 16.7. The zero-order valence-corrected chi connectivity index (χ0v) is 19.4. The highest BCUT2D eigenvalue weighted by Crippen LogP contribution is 2.21. The third-order valence-corrected chi connectivity index (χ3v) is 6.21. The van der Waals surface area contributed by atoms with Crippen LogP contribution in [0.2, 0.25) is 0 Å². The molecule has 1 amide bonds. The van der Waals surface area contributed by atoms with Crippen LogP contribution in [0.4, 0.5) is 10.1 Å². The number of nitrogens with one attached hydrogen (secondary N) is 1. The van der Waals surface area contributed by atoms with E-state index < -0.39 is 15.8 Å². The lowest BCUT2D eigenvalue weighted by Crippen LogP contribution is -2.26. The average molecular weight is 473 g/mol. The van der Waals surface area contributed by atoms with Crippen LogP contribution in [-0.4, -0.2) is 40.0 Å². The Balaban J connectivity index is 1.66. The molecule has 0 spiro atoms. The Morgan fingerprint density at radius 1 is 1.03 bits per heavy atom.